The van der Waals surface area contributed by atoms with E-state index in [1.54, 1.807) is 72.8 Å². The molecule has 0 aromatic heterocycles. The summed E-state index contributed by atoms with van der Waals surface area (Å²) in [6.45, 7) is 1.76. The largest absolute Gasteiger partial charge is 0.326 e. The summed E-state index contributed by atoms with van der Waals surface area (Å²) in [5, 5.41) is 5.48. The molecule has 2 amide bonds. The van der Waals surface area contributed by atoms with Gasteiger partial charge in [0.25, 0.3) is 15.9 Å². The first-order valence-corrected chi connectivity index (χ1v) is 11.2. The van der Waals surface area contributed by atoms with E-state index < -0.39 is 10.0 Å². The maximum Gasteiger partial charge on any atom is 0.264 e. The molecule has 1 heterocycles. The third kappa shape index (κ3) is 4.29. The van der Waals surface area contributed by atoms with E-state index in [0.717, 1.165) is 5.56 Å². The molecule has 0 aliphatic carbocycles. The lowest BCUT2D eigenvalue weighted by atomic mass is 10.1. The van der Waals surface area contributed by atoms with Crippen molar-refractivity contribution in [3.05, 3.63) is 83.9 Å². The van der Waals surface area contributed by atoms with Crippen LogP contribution in [0.3, 0.4) is 0 Å². The van der Waals surface area contributed by atoms with Crippen LogP contribution in [0.25, 0.3) is 0 Å². The highest BCUT2D eigenvalue weighted by molar-refractivity contribution is 7.92. The Hall–Kier alpha value is -3.65. The van der Waals surface area contributed by atoms with Gasteiger partial charge in [-0.2, -0.15) is 0 Å². The fraction of sp³-hybridized carbons (Fsp3) is 0.130. The van der Waals surface area contributed by atoms with Crippen molar-refractivity contribution in [1.82, 2.24) is 0 Å². The van der Waals surface area contributed by atoms with Gasteiger partial charge in [0, 0.05) is 30.4 Å². The molecular weight excluding hydrogens is 414 g/mol. The summed E-state index contributed by atoms with van der Waals surface area (Å²) in [5.74, 6) is -0.460. The fourth-order valence-corrected chi connectivity index (χ4v) is 5.05. The molecule has 3 aromatic rings. The van der Waals surface area contributed by atoms with Crippen molar-refractivity contribution in [3.63, 3.8) is 0 Å². The molecule has 0 saturated heterocycles. The van der Waals surface area contributed by atoms with Crippen LogP contribution in [0.1, 0.15) is 22.8 Å². The van der Waals surface area contributed by atoms with Crippen LogP contribution in [0.2, 0.25) is 0 Å². The quantitative estimate of drug-likeness (QED) is 0.640. The molecule has 0 spiro atoms. The number of nitrogens with one attached hydrogen (secondary N) is 2. The van der Waals surface area contributed by atoms with Gasteiger partial charge in [-0.15, -0.1) is 0 Å². The second-order valence-electron chi connectivity index (χ2n) is 7.20. The van der Waals surface area contributed by atoms with Crippen molar-refractivity contribution in [2.45, 2.75) is 18.2 Å². The predicted molar refractivity (Wildman–Crippen MR) is 120 cm³/mol. The lowest BCUT2D eigenvalue weighted by Crippen LogP contribution is -2.29. The van der Waals surface area contributed by atoms with Gasteiger partial charge in [0.1, 0.15) is 0 Å². The van der Waals surface area contributed by atoms with Gasteiger partial charge < -0.3 is 10.6 Å². The maximum absolute atomic E-state index is 13.0. The zero-order valence-corrected chi connectivity index (χ0v) is 17.6. The Morgan fingerprint density at radius 3 is 2.16 bits per heavy atom. The summed E-state index contributed by atoms with van der Waals surface area (Å²) < 4.78 is 27.3. The highest BCUT2D eigenvalue weighted by Crippen LogP contribution is 2.33. The van der Waals surface area contributed by atoms with Gasteiger partial charge in [-0.25, -0.2) is 8.42 Å². The Morgan fingerprint density at radius 1 is 0.871 bits per heavy atom. The van der Waals surface area contributed by atoms with E-state index in [1.807, 2.05) is 0 Å². The summed E-state index contributed by atoms with van der Waals surface area (Å²) in [5.41, 5.74) is 3.09. The third-order valence-corrected chi connectivity index (χ3v) is 6.82. The number of sulfonamides is 1. The molecule has 0 saturated carbocycles. The van der Waals surface area contributed by atoms with E-state index in [9.17, 15) is 18.0 Å². The minimum atomic E-state index is -3.64. The van der Waals surface area contributed by atoms with Crippen molar-refractivity contribution in [2.75, 3.05) is 21.5 Å². The van der Waals surface area contributed by atoms with Crippen LogP contribution in [0.5, 0.6) is 0 Å². The molecule has 0 unspecified atom stereocenters. The second kappa shape index (κ2) is 8.23. The van der Waals surface area contributed by atoms with E-state index >= 15 is 0 Å². The third-order valence-electron chi connectivity index (χ3n) is 4.99. The summed E-state index contributed by atoms with van der Waals surface area (Å²) in [6.07, 6.45) is 0.536. The van der Waals surface area contributed by atoms with Gasteiger partial charge >= 0.3 is 0 Å². The first kappa shape index (κ1) is 20.6. The normalized spacial score (nSPS) is 12.9. The molecule has 1 aliphatic rings. The van der Waals surface area contributed by atoms with Crippen molar-refractivity contribution >= 4 is 38.9 Å². The first-order chi connectivity index (χ1) is 14.8. The van der Waals surface area contributed by atoms with Gasteiger partial charge in [-0.05, 0) is 66.6 Å². The average molecular weight is 436 g/mol. The number of carbonyl (C=O) groups excluding carboxylic acids is 2. The Balaban J connectivity index is 1.51. The second-order valence-corrected chi connectivity index (χ2v) is 9.06. The van der Waals surface area contributed by atoms with Gasteiger partial charge in [-0.1, -0.05) is 18.2 Å². The molecular formula is C23H21N3O4S. The number of hydrogen-bond donors (Lipinski definition) is 2. The van der Waals surface area contributed by atoms with Crippen LogP contribution >= 0.6 is 0 Å². The molecule has 0 fully saturated rings. The van der Waals surface area contributed by atoms with Gasteiger partial charge in [-0.3, -0.25) is 13.9 Å². The monoisotopic (exact) mass is 435 g/mol. The standard InChI is InChI=1S/C23H21N3O4S/c1-16(27)24-19-8-10-20(11-9-19)25-23(28)18-7-12-22-17(15-18)13-14-26(22)31(29,30)21-5-3-2-4-6-21/h2-12,15H,13-14H2,1H3,(H,24,27)(H,25,28). The predicted octanol–water partition coefficient (Wildman–Crippen LogP) is 3.65. The van der Waals surface area contributed by atoms with Crippen LogP contribution < -0.4 is 14.9 Å². The number of anilines is 3. The summed E-state index contributed by atoms with van der Waals surface area (Å²) >= 11 is 0. The first-order valence-electron chi connectivity index (χ1n) is 9.74. The van der Waals surface area contributed by atoms with Crippen LogP contribution in [0, 0.1) is 0 Å². The number of carbonyl (C=O) groups is 2. The summed E-state index contributed by atoms with van der Waals surface area (Å²) in [4.78, 5) is 24.0. The number of fused-ring (bicyclic) bond motifs is 1. The summed E-state index contributed by atoms with van der Waals surface area (Å²) in [6, 6.07) is 20.1. The number of amides is 2. The van der Waals surface area contributed by atoms with Crippen molar-refractivity contribution in [3.8, 4) is 0 Å². The van der Waals surface area contributed by atoms with E-state index in [-0.39, 0.29) is 16.7 Å². The van der Waals surface area contributed by atoms with Crippen molar-refractivity contribution < 1.29 is 18.0 Å². The van der Waals surface area contributed by atoms with Crippen LogP contribution in [-0.2, 0) is 21.2 Å². The number of benzene rings is 3. The molecule has 1 aliphatic heterocycles. The molecule has 0 bridgehead atoms. The lowest BCUT2D eigenvalue weighted by molar-refractivity contribution is -0.114. The number of nitrogens with zero attached hydrogens (tertiary/aromatic N) is 1. The van der Waals surface area contributed by atoms with Crippen LogP contribution in [0.4, 0.5) is 17.1 Å². The topological polar surface area (TPSA) is 95.6 Å². The Morgan fingerprint density at radius 2 is 1.52 bits per heavy atom. The molecule has 4 rings (SSSR count). The summed E-state index contributed by atoms with van der Waals surface area (Å²) in [7, 11) is -3.64. The molecule has 0 atom stereocenters. The molecule has 0 radical (unpaired) electrons. The highest BCUT2D eigenvalue weighted by atomic mass is 32.2. The van der Waals surface area contributed by atoms with E-state index in [2.05, 4.69) is 10.6 Å². The highest BCUT2D eigenvalue weighted by Gasteiger charge is 2.31. The Kier molecular flexibility index (Phi) is 5.48. The minimum Gasteiger partial charge on any atom is -0.326 e. The van der Waals surface area contributed by atoms with Crippen molar-refractivity contribution in [1.29, 1.82) is 0 Å². The zero-order valence-electron chi connectivity index (χ0n) is 16.8. The zero-order chi connectivity index (χ0) is 22.0. The van der Waals surface area contributed by atoms with E-state index in [1.165, 1.54) is 11.2 Å². The number of hydrogen-bond acceptors (Lipinski definition) is 4. The van der Waals surface area contributed by atoms with E-state index in [0.29, 0.717) is 35.6 Å². The number of rotatable bonds is 5. The molecule has 3 aromatic carbocycles. The molecule has 8 heteroatoms. The molecule has 158 valence electrons. The van der Waals surface area contributed by atoms with Gasteiger partial charge in [0.05, 0.1) is 10.6 Å². The van der Waals surface area contributed by atoms with Crippen LogP contribution in [-0.4, -0.2) is 26.8 Å². The maximum atomic E-state index is 13.0. The Bertz CT molecular complexity index is 1240. The minimum absolute atomic E-state index is 0.168. The van der Waals surface area contributed by atoms with Gasteiger partial charge in [0.2, 0.25) is 5.91 Å². The molecule has 31 heavy (non-hydrogen) atoms. The Labute approximate surface area is 180 Å². The average Bonchev–Trinajstić information content (AvgIpc) is 3.19. The molecule has 2 N–H and O–H groups in total. The molecule has 7 nitrogen and oxygen atoms in total. The fourth-order valence-electron chi connectivity index (χ4n) is 3.53. The van der Waals surface area contributed by atoms with E-state index in [4.69, 9.17) is 0 Å². The van der Waals surface area contributed by atoms with Crippen LogP contribution in [0.15, 0.2) is 77.7 Å². The van der Waals surface area contributed by atoms with Crippen molar-refractivity contribution in [2.24, 2.45) is 0 Å². The SMILES string of the molecule is CC(=O)Nc1ccc(NC(=O)c2ccc3c(c2)CCN3S(=O)(=O)c2ccccc2)cc1. The van der Waals surface area contributed by atoms with Gasteiger partial charge in [0.15, 0.2) is 0 Å². The lowest BCUT2D eigenvalue weighted by Gasteiger charge is -2.19. The smallest absolute Gasteiger partial charge is 0.264 e.